The van der Waals surface area contributed by atoms with Crippen LogP contribution in [0.5, 0.6) is 11.8 Å². The summed E-state index contributed by atoms with van der Waals surface area (Å²) in [6.07, 6.45) is -2.77. The third kappa shape index (κ3) is 16.9. The molecule has 11 rings (SSSR count). The average molecular weight is 1250 g/mol. The highest BCUT2D eigenvalue weighted by Crippen LogP contribution is 2.38. The molecule has 0 unspecified atom stereocenters. The maximum absolute atomic E-state index is 13.1. The zero-order chi connectivity index (χ0) is 62.8. The van der Waals surface area contributed by atoms with Crippen LogP contribution in [0.15, 0.2) is 85.2 Å². The van der Waals surface area contributed by atoms with Crippen LogP contribution in [0.4, 0.5) is 49.1 Å². The highest BCUT2D eigenvalue weighted by molar-refractivity contribution is 6.62. The molecule has 20 nitrogen and oxygen atoms in total. The van der Waals surface area contributed by atoms with E-state index in [0.717, 1.165) is 87.6 Å². The number of nitrogens with one attached hydrogen (secondary N) is 2. The second-order valence-corrected chi connectivity index (χ2v) is 22.6. The first kappa shape index (κ1) is 65.2. The lowest BCUT2D eigenvalue weighted by Crippen LogP contribution is -2.41. The van der Waals surface area contributed by atoms with Crippen molar-refractivity contribution in [1.82, 2.24) is 30.4 Å². The molecule has 0 radical (unpaired) electrons. The van der Waals surface area contributed by atoms with Gasteiger partial charge in [-0.2, -0.15) is 26.3 Å². The minimum atomic E-state index is -4.55. The number of carbonyl (C=O) groups excluding carboxylic acids is 2. The molecule has 5 fully saturated rings. The molecule has 2 aromatic carbocycles. The number of ether oxygens (including phenoxy) is 6. The summed E-state index contributed by atoms with van der Waals surface area (Å²) >= 11 is 5.97. The van der Waals surface area contributed by atoms with Gasteiger partial charge >= 0.3 is 19.5 Å². The Kier molecular flexibility index (Phi) is 21.1. The molecule has 5 aliphatic rings. The SMILES string of the molecule is Cc1ncc(NC(=O)c2cccc(C(F)(F)F)c2)cc1-c1cc(N2CCOCC2)c(OC2CCOCC2)nn1.Cc1ncc(NC(=O)c2cccc(C(F)(F)F)c2)cc1B1OC(C)(C)C(C)(C)O1.Clc1cc(N2CCOCC2)c(OC2CCOCC2)nn1. The summed E-state index contributed by atoms with van der Waals surface area (Å²) in [4.78, 5) is 38.2. The van der Waals surface area contributed by atoms with Gasteiger partial charge in [0.2, 0.25) is 0 Å². The van der Waals surface area contributed by atoms with Crippen molar-refractivity contribution in [3.63, 3.8) is 0 Å². The van der Waals surface area contributed by atoms with Gasteiger partial charge < -0.3 is 58.2 Å². The Morgan fingerprint density at radius 3 is 1.49 bits per heavy atom. The van der Waals surface area contributed by atoms with E-state index in [1.165, 1.54) is 36.7 Å². The lowest BCUT2D eigenvalue weighted by molar-refractivity contribution is -0.138. The number of pyridine rings is 2. The lowest BCUT2D eigenvalue weighted by Gasteiger charge is -2.32. The number of morpholine rings is 2. The molecule has 5 saturated heterocycles. The fourth-order valence-electron chi connectivity index (χ4n) is 9.75. The monoisotopic (exact) mass is 1250 g/mol. The first-order valence-electron chi connectivity index (χ1n) is 28.7. The number of hydrogen-bond acceptors (Lipinski definition) is 18. The molecule has 0 atom stereocenters. The largest absolute Gasteiger partial charge is 0.496 e. The number of halogens is 7. The summed E-state index contributed by atoms with van der Waals surface area (Å²) in [5.74, 6) is -0.352. The number of benzene rings is 2. The van der Waals surface area contributed by atoms with Crippen molar-refractivity contribution >= 4 is 58.7 Å². The molecule has 2 N–H and O–H groups in total. The minimum absolute atomic E-state index is 0.0171. The van der Waals surface area contributed by atoms with Gasteiger partial charge in [0.15, 0.2) is 5.15 Å². The molecule has 0 spiro atoms. The zero-order valence-corrected chi connectivity index (χ0v) is 50.2. The Balaban J connectivity index is 0.000000166. The van der Waals surface area contributed by atoms with Gasteiger partial charge in [-0.05, 0) is 96.1 Å². The van der Waals surface area contributed by atoms with Crippen molar-refractivity contribution in [2.45, 2.75) is 103 Å². The molecule has 9 heterocycles. The molecule has 0 saturated carbocycles. The fraction of sp³-hybridized carbons (Fsp3) is 0.467. The zero-order valence-electron chi connectivity index (χ0n) is 49.4. The molecule has 6 aromatic rings. The molecule has 5 aliphatic heterocycles. The van der Waals surface area contributed by atoms with Crippen molar-refractivity contribution in [3.05, 3.63) is 124 Å². The van der Waals surface area contributed by atoms with E-state index < -0.39 is 53.6 Å². The van der Waals surface area contributed by atoms with Crippen LogP contribution in [0.1, 0.15) is 96.6 Å². The second kappa shape index (κ2) is 28.5. The standard InChI is InChI=1S/C27H28F3N5O4.C20H22BF3N2O3.C13H18ClN3O3/c1-17-22(14-20(16-31-17)32-25(36)18-3-2-4-19(13-18)27(28,29)30)23-15-24(35-7-11-38-12-8-35)26(34-33-23)39-21-5-9-37-10-6-21;1-12-16(21-28-18(2,3)19(4,5)29-21)10-15(11-25-12)26-17(27)13-7-6-8-14(9-13)20(22,23)24;14-12-9-11(17-3-7-19-8-4-17)13(16-15-12)20-10-1-5-18-6-2-10/h2-4,13-16,21H,5-12H2,1H3,(H,32,36);6-11H,1-5H3,(H,26,27);9-10H,1-8H2. The lowest BCUT2D eigenvalue weighted by atomic mass is 9.78. The van der Waals surface area contributed by atoms with Crippen LogP contribution in [-0.2, 0) is 40.6 Å². The van der Waals surface area contributed by atoms with E-state index in [1.54, 1.807) is 26.0 Å². The van der Waals surface area contributed by atoms with Gasteiger partial charge in [0, 0.05) is 91.5 Å². The molecule has 0 bridgehead atoms. The number of rotatable bonds is 12. The number of amides is 2. The molecular weight excluding hydrogens is 1180 g/mol. The summed E-state index contributed by atoms with van der Waals surface area (Å²) < 4.78 is 124. The third-order valence-electron chi connectivity index (χ3n) is 15.5. The number of aryl methyl sites for hydroxylation is 2. The first-order valence-corrected chi connectivity index (χ1v) is 29.1. The summed E-state index contributed by atoms with van der Waals surface area (Å²) in [6, 6.07) is 15.5. The van der Waals surface area contributed by atoms with Crippen LogP contribution in [-0.4, -0.2) is 152 Å². The van der Waals surface area contributed by atoms with Gasteiger partial charge in [0.05, 0.1) is 105 Å². The number of nitrogens with zero attached hydrogens (tertiary/aromatic N) is 8. The smallest absolute Gasteiger partial charge is 0.472 e. The Hall–Kier alpha value is -7.27. The van der Waals surface area contributed by atoms with E-state index in [2.05, 4.69) is 50.8 Å². The van der Waals surface area contributed by atoms with E-state index in [1.807, 2.05) is 39.8 Å². The predicted octanol–water partition coefficient (Wildman–Crippen LogP) is 10.00. The van der Waals surface area contributed by atoms with E-state index in [0.29, 0.717) is 109 Å². The van der Waals surface area contributed by atoms with Crippen molar-refractivity contribution in [1.29, 1.82) is 0 Å². The quantitative estimate of drug-likeness (QED) is 0.0861. The van der Waals surface area contributed by atoms with Crippen molar-refractivity contribution in [2.24, 2.45) is 0 Å². The van der Waals surface area contributed by atoms with Gasteiger partial charge in [-0.25, -0.2) is 0 Å². The van der Waals surface area contributed by atoms with Crippen LogP contribution >= 0.6 is 11.6 Å². The highest BCUT2D eigenvalue weighted by Gasteiger charge is 2.52. The van der Waals surface area contributed by atoms with Gasteiger partial charge in [0.1, 0.15) is 23.6 Å². The summed E-state index contributed by atoms with van der Waals surface area (Å²) in [5.41, 5.74) is 2.37. The maximum atomic E-state index is 13.1. The summed E-state index contributed by atoms with van der Waals surface area (Å²) in [6.45, 7) is 19.5. The van der Waals surface area contributed by atoms with Gasteiger partial charge in [-0.1, -0.05) is 23.7 Å². The summed E-state index contributed by atoms with van der Waals surface area (Å²) in [7, 11) is -0.669. The molecule has 88 heavy (non-hydrogen) atoms. The molecule has 4 aromatic heterocycles. The van der Waals surface area contributed by atoms with Gasteiger partial charge in [-0.15, -0.1) is 20.4 Å². The van der Waals surface area contributed by atoms with Crippen LogP contribution < -0.4 is 35.4 Å². The van der Waals surface area contributed by atoms with E-state index in [9.17, 15) is 35.9 Å². The summed E-state index contributed by atoms with van der Waals surface area (Å²) in [5, 5.41) is 22.5. The topological polar surface area (TPSA) is 216 Å². The van der Waals surface area contributed by atoms with Crippen molar-refractivity contribution in [3.8, 4) is 23.0 Å². The molecular formula is C60H68BClF6N10O10. The Morgan fingerprint density at radius 2 is 1.01 bits per heavy atom. The Labute approximate surface area is 510 Å². The normalized spacial score (nSPS) is 18.1. The Bertz CT molecular complexity index is 3370. The fourth-order valence-corrected chi connectivity index (χ4v) is 9.89. The van der Waals surface area contributed by atoms with E-state index >= 15 is 0 Å². The molecule has 28 heteroatoms. The maximum Gasteiger partial charge on any atom is 0.496 e. The van der Waals surface area contributed by atoms with Crippen molar-refractivity contribution < 1.29 is 73.7 Å². The number of anilines is 4. The van der Waals surface area contributed by atoms with Crippen LogP contribution in [0.2, 0.25) is 5.15 Å². The number of aromatic nitrogens is 6. The first-order chi connectivity index (χ1) is 41.9. The van der Waals surface area contributed by atoms with Crippen LogP contribution in [0, 0.1) is 13.8 Å². The average Bonchev–Trinajstić information content (AvgIpc) is 2.17. The van der Waals surface area contributed by atoms with E-state index in [4.69, 9.17) is 49.3 Å². The van der Waals surface area contributed by atoms with Gasteiger partial charge in [-0.3, -0.25) is 19.6 Å². The number of hydrogen-bond donors (Lipinski definition) is 2. The van der Waals surface area contributed by atoms with E-state index in [-0.39, 0.29) is 23.3 Å². The second-order valence-electron chi connectivity index (χ2n) is 22.2. The Morgan fingerprint density at radius 1 is 0.580 bits per heavy atom. The molecule has 0 aliphatic carbocycles. The van der Waals surface area contributed by atoms with Crippen molar-refractivity contribution in [2.75, 3.05) is 99.5 Å². The van der Waals surface area contributed by atoms with Crippen LogP contribution in [0.25, 0.3) is 11.3 Å². The molecule has 2 amide bonds. The molecule has 470 valence electrons. The third-order valence-corrected chi connectivity index (χ3v) is 15.6. The van der Waals surface area contributed by atoms with Crippen LogP contribution in [0.3, 0.4) is 0 Å². The predicted molar refractivity (Wildman–Crippen MR) is 316 cm³/mol. The highest BCUT2D eigenvalue weighted by atomic mass is 35.5. The number of carbonyl (C=O) groups is 2. The number of alkyl halides is 6. The minimum Gasteiger partial charge on any atom is -0.472 e. The van der Waals surface area contributed by atoms with Gasteiger partial charge in [0.25, 0.3) is 23.6 Å².